The normalized spacial score (nSPS) is 15.8. The number of carbonyl (C=O) groups is 1. The molecule has 1 fully saturated rings. The topological polar surface area (TPSA) is 85.2 Å². The summed E-state index contributed by atoms with van der Waals surface area (Å²) in [6.07, 6.45) is 7.16. The van der Waals surface area contributed by atoms with Crippen LogP contribution >= 0.6 is 0 Å². The van der Waals surface area contributed by atoms with Crippen LogP contribution in [0.3, 0.4) is 0 Å². The van der Waals surface area contributed by atoms with Crippen LogP contribution in [0.4, 0.5) is 5.82 Å². The Kier molecular flexibility index (Phi) is 7.83. The van der Waals surface area contributed by atoms with E-state index in [1.807, 2.05) is 52.1 Å². The maximum Gasteiger partial charge on any atom is 0.241 e. The summed E-state index contributed by atoms with van der Waals surface area (Å²) in [4.78, 5) is 16.2. The van der Waals surface area contributed by atoms with Gasteiger partial charge in [0.15, 0.2) is 5.82 Å². The lowest BCUT2D eigenvalue weighted by molar-refractivity contribution is -0.133. The minimum absolute atomic E-state index is 0.120. The smallest absolute Gasteiger partial charge is 0.241 e. The minimum Gasteiger partial charge on any atom is -0.364 e. The zero-order chi connectivity index (χ0) is 24.0. The summed E-state index contributed by atoms with van der Waals surface area (Å²) in [7, 11) is 1.85. The molecule has 1 aliphatic rings. The van der Waals surface area contributed by atoms with Gasteiger partial charge in [0.25, 0.3) is 0 Å². The molecule has 1 N–H and O–H groups in total. The van der Waals surface area contributed by atoms with Gasteiger partial charge in [-0.2, -0.15) is 10.4 Å². The van der Waals surface area contributed by atoms with Gasteiger partial charge in [-0.25, -0.2) is 0 Å². The summed E-state index contributed by atoms with van der Waals surface area (Å²) >= 11 is 0. The Hall–Kier alpha value is -3.66. The first-order valence-corrected chi connectivity index (χ1v) is 11.3. The summed E-state index contributed by atoms with van der Waals surface area (Å²) in [6.45, 7) is 10.4. The van der Waals surface area contributed by atoms with Crippen molar-refractivity contribution < 1.29 is 4.79 Å². The van der Waals surface area contributed by atoms with Crippen molar-refractivity contribution in [3.05, 3.63) is 62.8 Å². The predicted molar refractivity (Wildman–Crippen MR) is 131 cm³/mol. The number of nitrogens with zero attached hydrogens (tertiary/aromatic N) is 5. The number of hydrogen-bond donors (Lipinski definition) is 1. The Bertz CT molecular complexity index is 1220. The van der Waals surface area contributed by atoms with Gasteiger partial charge in [0.05, 0.1) is 23.9 Å². The molecule has 7 heteroatoms. The molecule has 2 aromatic rings. The molecule has 0 saturated carbocycles. The number of nitrogens with one attached hydrogen (secondary N) is 1. The molecule has 0 radical (unpaired) electrons. The average molecular weight is 445 g/mol. The summed E-state index contributed by atoms with van der Waals surface area (Å²) < 4.78 is 0. The van der Waals surface area contributed by atoms with Crippen molar-refractivity contribution in [2.45, 2.75) is 40.7 Å². The number of benzene rings is 1. The van der Waals surface area contributed by atoms with Crippen LogP contribution in [0.5, 0.6) is 0 Å². The maximum absolute atomic E-state index is 12.3. The zero-order valence-corrected chi connectivity index (χ0v) is 20.1. The standard InChI is InChI=1S/C26H32N6O/c1-6-9-22(32-13-12-31(5)25(33)17-32)14-24-23(7-2)19(4)29-30-26(24)28-16-21-11-8-10-20(15-27)18(21)3/h7-11,14H,6,12-13,16-17H2,1-5H3,(H,28,30)/b22-9-,23-7-,24-14+. The lowest BCUT2D eigenvalue weighted by Gasteiger charge is -2.34. The molecule has 3 rings (SSSR count). The Balaban J connectivity index is 2.04. The lowest BCUT2D eigenvalue weighted by Crippen LogP contribution is -2.48. The third-order valence-electron chi connectivity index (χ3n) is 6.06. The fourth-order valence-electron chi connectivity index (χ4n) is 3.99. The number of nitriles is 1. The first-order chi connectivity index (χ1) is 15.9. The first-order valence-electron chi connectivity index (χ1n) is 11.3. The van der Waals surface area contributed by atoms with Crippen molar-refractivity contribution in [2.24, 2.45) is 0 Å². The van der Waals surface area contributed by atoms with Crippen LogP contribution in [0.15, 0.2) is 30.0 Å². The van der Waals surface area contributed by atoms with Gasteiger partial charge < -0.3 is 15.1 Å². The Morgan fingerprint density at radius 1 is 1.24 bits per heavy atom. The fourth-order valence-corrected chi connectivity index (χ4v) is 3.99. The van der Waals surface area contributed by atoms with Crippen LogP contribution in [0, 0.1) is 25.2 Å². The number of piperazine rings is 1. The maximum atomic E-state index is 12.3. The van der Waals surface area contributed by atoms with Gasteiger partial charge in [0.1, 0.15) is 0 Å². The summed E-state index contributed by atoms with van der Waals surface area (Å²) in [5, 5.41) is 23.6. The number of allylic oxidation sites excluding steroid dienone is 2. The second-order valence-electron chi connectivity index (χ2n) is 8.22. The van der Waals surface area contributed by atoms with E-state index in [9.17, 15) is 10.1 Å². The quantitative estimate of drug-likeness (QED) is 0.736. The minimum atomic E-state index is 0.120. The van der Waals surface area contributed by atoms with E-state index in [0.717, 1.165) is 45.9 Å². The van der Waals surface area contributed by atoms with Crippen molar-refractivity contribution in [1.29, 1.82) is 5.26 Å². The highest BCUT2D eigenvalue weighted by atomic mass is 16.2. The Morgan fingerprint density at radius 2 is 2.03 bits per heavy atom. The molecule has 0 atom stereocenters. The molecular weight excluding hydrogens is 412 g/mol. The zero-order valence-electron chi connectivity index (χ0n) is 20.1. The van der Waals surface area contributed by atoms with Crippen LogP contribution in [-0.4, -0.2) is 52.6 Å². The van der Waals surface area contributed by atoms with Gasteiger partial charge in [-0.1, -0.05) is 31.2 Å². The van der Waals surface area contributed by atoms with E-state index in [2.05, 4.69) is 45.6 Å². The van der Waals surface area contributed by atoms with Crippen LogP contribution < -0.4 is 15.8 Å². The van der Waals surface area contributed by atoms with Crippen molar-refractivity contribution in [1.82, 2.24) is 20.0 Å². The monoisotopic (exact) mass is 444 g/mol. The highest BCUT2D eigenvalue weighted by molar-refractivity contribution is 5.79. The SMILES string of the molecule is C/C=c1/c(C)nnc(NCc2cccc(C#N)c2C)/c1=C/C(=C/CC)N1CCN(C)C(=O)C1. The van der Waals surface area contributed by atoms with E-state index in [-0.39, 0.29) is 5.91 Å². The van der Waals surface area contributed by atoms with E-state index < -0.39 is 0 Å². The van der Waals surface area contributed by atoms with Crippen molar-refractivity contribution >= 4 is 23.9 Å². The molecular formula is C26H32N6O. The van der Waals surface area contributed by atoms with E-state index >= 15 is 0 Å². The van der Waals surface area contributed by atoms with E-state index in [1.165, 1.54) is 0 Å². The van der Waals surface area contributed by atoms with E-state index in [1.54, 1.807) is 4.90 Å². The first kappa shape index (κ1) is 24.0. The molecule has 0 bridgehead atoms. The third kappa shape index (κ3) is 5.40. The van der Waals surface area contributed by atoms with Crippen molar-refractivity contribution in [3.63, 3.8) is 0 Å². The highest BCUT2D eigenvalue weighted by Crippen LogP contribution is 2.15. The van der Waals surface area contributed by atoms with E-state index in [4.69, 9.17) is 0 Å². The number of rotatable bonds is 6. The largest absolute Gasteiger partial charge is 0.364 e. The number of amides is 1. The van der Waals surface area contributed by atoms with Gasteiger partial charge in [-0.3, -0.25) is 4.79 Å². The molecule has 2 heterocycles. The Labute approximate surface area is 195 Å². The predicted octanol–water partition coefficient (Wildman–Crippen LogP) is 2.23. The number of likely N-dealkylation sites (N-methyl/N-ethyl adjacent to an activating group) is 1. The second kappa shape index (κ2) is 10.8. The molecule has 1 aromatic carbocycles. The van der Waals surface area contributed by atoms with Gasteiger partial charge in [-0.15, -0.1) is 5.10 Å². The molecule has 1 saturated heterocycles. The molecule has 7 nitrogen and oxygen atoms in total. The number of anilines is 1. The van der Waals surface area contributed by atoms with Crippen molar-refractivity contribution in [2.75, 3.05) is 32.0 Å². The molecule has 1 aliphatic heterocycles. The summed E-state index contributed by atoms with van der Waals surface area (Å²) in [5.41, 5.74) is 4.54. The molecule has 0 spiro atoms. The fraction of sp³-hybridized carbons (Fsp3) is 0.385. The number of aryl methyl sites for hydroxylation is 1. The summed E-state index contributed by atoms with van der Waals surface area (Å²) in [6, 6.07) is 7.98. The molecule has 172 valence electrons. The molecule has 0 unspecified atom stereocenters. The van der Waals surface area contributed by atoms with Gasteiger partial charge >= 0.3 is 0 Å². The lowest BCUT2D eigenvalue weighted by atomic mass is 10.0. The van der Waals surface area contributed by atoms with Crippen LogP contribution in [0.2, 0.25) is 0 Å². The van der Waals surface area contributed by atoms with Gasteiger partial charge in [0.2, 0.25) is 5.91 Å². The van der Waals surface area contributed by atoms with Gasteiger partial charge in [-0.05, 0) is 50.5 Å². The van der Waals surface area contributed by atoms with Crippen LogP contribution in [0.25, 0.3) is 12.2 Å². The molecule has 33 heavy (non-hydrogen) atoms. The molecule has 0 aliphatic carbocycles. The number of hydrogen-bond acceptors (Lipinski definition) is 6. The van der Waals surface area contributed by atoms with Gasteiger partial charge in [0, 0.05) is 42.8 Å². The molecule has 1 amide bonds. The molecule has 1 aromatic heterocycles. The second-order valence-corrected chi connectivity index (χ2v) is 8.22. The number of carbonyl (C=O) groups excluding carboxylic acids is 1. The highest BCUT2D eigenvalue weighted by Gasteiger charge is 2.22. The van der Waals surface area contributed by atoms with Crippen LogP contribution in [-0.2, 0) is 11.3 Å². The third-order valence-corrected chi connectivity index (χ3v) is 6.06. The van der Waals surface area contributed by atoms with Crippen LogP contribution in [0.1, 0.15) is 42.7 Å². The number of aromatic nitrogens is 2. The van der Waals surface area contributed by atoms with Crippen molar-refractivity contribution in [3.8, 4) is 6.07 Å². The summed E-state index contributed by atoms with van der Waals surface area (Å²) in [5.74, 6) is 0.798. The van der Waals surface area contributed by atoms with E-state index in [0.29, 0.717) is 31.0 Å². The Morgan fingerprint density at radius 3 is 2.70 bits per heavy atom. The average Bonchev–Trinajstić information content (AvgIpc) is 2.81.